The molecular weight excluding hydrogens is 450 g/mol. The number of nitrogens with one attached hydrogen (secondary N) is 1. The zero-order chi connectivity index (χ0) is 18.4. The van der Waals surface area contributed by atoms with Crippen molar-refractivity contribution >= 4 is 68.4 Å². The highest BCUT2D eigenvalue weighted by Crippen LogP contribution is 2.36. The summed E-state index contributed by atoms with van der Waals surface area (Å²) >= 11 is 21.3. The van der Waals surface area contributed by atoms with Crippen molar-refractivity contribution in [3.05, 3.63) is 61.5 Å². The fourth-order valence-electron chi connectivity index (χ4n) is 2.72. The van der Waals surface area contributed by atoms with Gasteiger partial charge in [-0.1, -0.05) is 62.9 Å². The number of imide groups is 1. The van der Waals surface area contributed by atoms with Crippen molar-refractivity contribution in [3.8, 4) is 0 Å². The molecule has 2 aromatic rings. The first-order chi connectivity index (χ1) is 11.7. The second-order valence-electron chi connectivity index (χ2n) is 5.93. The van der Waals surface area contributed by atoms with Crippen molar-refractivity contribution in [1.29, 1.82) is 0 Å². The third-order valence-corrected chi connectivity index (χ3v) is 5.68. The van der Waals surface area contributed by atoms with Crippen LogP contribution in [0.5, 0.6) is 0 Å². The van der Waals surface area contributed by atoms with Gasteiger partial charge in [0.2, 0.25) is 0 Å². The number of halogens is 4. The molecule has 1 aliphatic rings. The number of benzene rings is 2. The summed E-state index contributed by atoms with van der Waals surface area (Å²) in [5.74, 6) is -0.380. The molecule has 1 N–H and O–H groups in total. The third kappa shape index (κ3) is 3.51. The predicted molar refractivity (Wildman–Crippen MR) is 104 cm³/mol. The maximum absolute atomic E-state index is 12.9. The average Bonchev–Trinajstić information content (AvgIpc) is 2.76. The molecule has 130 valence electrons. The van der Waals surface area contributed by atoms with E-state index in [9.17, 15) is 9.59 Å². The zero-order valence-electron chi connectivity index (χ0n) is 12.9. The second-order valence-corrected chi connectivity index (χ2v) is 8.04. The molecule has 1 atom stereocenters. The molecule has 3 rings (SSSR count). The molecule has 2 aromatic carbocycles. The fraction of sp³-hybridized carbons (Fsp3) is 0.176. The van der Waals surface area contributed by atoms with Gasteiger partial charge in [0.25, 0.3) is 5.91 Å². The molecule has 1 heterocycles. The summed E-state index contributed by atoms with van der Waals surface area (Å²) < 4.78 is 0.940. The minimum absolute atomic E-state index is 0.172. The summed E-state index contributed by atoms with van der Waals surface area (Å²) in [6, 6.07) is 9.92. The lowest BCUT2D eigenvalue weighted by Gasteiger charge is -2.22. The van der Waals surface area contributed by atoms with E-state index in [1.807, 2.05) is 24.3 Å². The first kappa shape index (κ1) is 18.5. The Morgan fingerprint density at radius 1 is 1.08 bits per heavy atom. The SMILES string of the molecule is CC1(Cc2ccc(Br)cc2)NC(=O)N(c2cc(Cl)c(Cl)c(Cl)c2)C1=O. The molecule has 0 aromatic heterocycles. The normalized spacial score (nSPS) is 20.1. The molecule has 0 bridgehead atoms. The number of carbonyl (C=O) groups excluding carboxylic acids is 2. The summed E-state index contributed by atoms with van der Waals surface area (Å²) in [7, 11) is 0. The number of anilines is 1. The zero-order valence-corrected chi connectivity index (χ0v) is 16.8. The number of hydrogen-bond donors (Lipinski definition) is 1. The van der Waals surface area contributed by atoms with E-state index < -0.39 is 11.6 Å². The number of urea groups is 1. The molecule has 4 nitrogen and oxygen atoms in total. The quantitative estimate of drug-likeness (QED) is 0.486. The van der Waals surface area contributed by atoms with Gasteiger partial charge in [-0.2, -0.15) is 0 Å². The van der Waals surface area contributed by atoms with E-state index in [1.54, 1.807) is 6.92 Å². The number of carbonyl (C=O) groups is 2. The molecule has 0 radical (unpaired) electrons. The summed E-state index contributed by atoms with van der Waals surface area (Å²) in [5, 5.41) is 3.27. The maximum Gasteiger partial charge on any atom is 0.329 e. The fourth-order valence-corrected chi connectivity index (χ4v) is 3.57. The number of rotatable bonds is 3. The Balaban J connectivity index is 1.93. The second kappa shape index (κ2) is 6.80. The Morgan fingerprint density at radius 2 is 1.64 bits per heavy atom. The summed E-state index contributed by atoms with van der Waals surface area (Å²) in [6.45, 7) is 1.69. The molecule has 1 unspecified atom stereocenters. The Labute approximate surface area is 168 Å². The van der Waals surface area contributed by atoms with Crippen LogP contribution >= 0.6 is 50.7 Å². The standard InChI is InChI=1S/C17H12BrCl3N2O2/c1-17(8-9-2-4-10(18)5-3-9)15(24)23(16(25)22-17)11-6-12(19)14(21)13(20)7-11/h2-7H,8H2,1H3,(H,22,25). The van der Waals surface area contributed by atoms with E-state index in [2.05, 4.69) is 21.2 Å². The Morgan fingerprint density at radius 3 is 2.20 bits per heavy atom. The van der Waals surface area contributed by atoms with Gasteiger partial charge in [0.15, 0.2) is 0 Å². The lowest BCUT2D eigenvalue weighted by Crippen LogP contribution is -2.46. The van der Waals surface area contributed by atoms with Gasteiger partial charge < -0.3 is 5.32 Å². The highest BCUT2D eigenvalue weighted by molar-refractivity contribution is 9.10. The van der Waals surface area contributed by atoms with Crippen molar-refractivity contribution in [2.75, 3.05) is 4.90 Å². The highest BCUT2D eigenvalue weighted by atomic mass is 79.9. The van der Waals surface area contributed by atoms with E-state index in [1.165, 1.54) is 12.1 Å². The van der Waals surface area contributed by atoms with Crippen molar-refractivity contribution < 1.29 is 9.59 Å². The van der Waals surface area contributed by atoms with Gasteiger partial charge in [-0.3, -0.25) is 4.79 Å². The lowest BCUT2D eigenvalue weighted by molar-refractivity contribution is -0.121. The first-order valence-electron chi connectivity index (χ1n) is 7.27. The van der Waals surface area contributed by atoms with Crippen LogP contribution < -0.4 is 10.2 Å². The van der Waals surface area contributed by atoms with Crippen LogP contribution in [0.3, 0.4) is 0 Å². The van der Waals surface area contributed by atoms with Crippen LogP contribution in [0.25, 0.3) is 0 Å². The smallest absolute Gasteiger partial charge is 0.323 e. The van der Waals surface area contributed by atoms with Crippen molar-refractivity contribution in [1.82, 2.24) is 5.32 Å². The van der Waals surface area contributed by atoms with Gasteiger partial charge in [0.05, 0.1) is 20.8 Å². The van der Waals surface area contributed by atoms with Gasteiger partial charge in [-0.15, -0.1) is 0 Å². The van der Waals surface area contributed by atoms with E-state index in [0.29, 0.717) is 6.42 Å². The van der Waals surface area contributed by atoms with E-state index >= 15 is 0 Å². The summed E-state index contributed by atoms with van der Waals surface area (Å²) in [5.41, 5.74) is 0.138. The van der Waals surface area contributed by atoms with Gasteiger partial charge in [-0.05, 0) is 36.8 Å². The minimum Gasteiger partial charge on any atom is -0.323 e. The summed E-state index contributed by atoms with van der Waals surface area (Å²) in [6.07, 6.45) is 0.358. The molecule has 8 heteroatoms. The van der Waals surface area contributed by atoms with Crippen LogP contribution in [0.1, 0.15) is 12.5 Å². The molecule has 1 saturated heterocycles. The molecule has 0 saturated carbocycles. The van der Waals surface area contributed by atoms with Crippen LogP contribution in [0.15, 0.2) is 40.9 Å². The Kier molecular flexibility index (Phi) is 5.04. The van der Waals surface area contributed by atoms with Gasteiger partial charge in [-0.25, -0.2) is 9.69 Å². The van der Waals surface area contributed by atoms with Crippen LogP contribution in [0.4, 0.5) is 10.5 Å². The predicted octanol–water partition coefficient (Wildman–Crippen LogP) is 5.47. The Hall–Kier alpha value is -1.27. The van der Waals surface area contributed by atoms with Crippen LogP contribution in [-0.4, -0.2) is 17.5 Å². The van der Waals surface area contributed by atoms with Crippen LogP contribution in [-0.2, 0) is 11.2 Å². The molecule has 0 spiro atoms. The van der Waals surface area contributed by atoms with Crippen molar-refractivity contribution in [2.45, 2.75) is 18.9 Å². The molecule has 25 heavy (non-hydrogen) atoms. The lowest BCUT2D eigenvalue weighted by atomic mass is 9.93. The molecule has 3 amide bonds. The largest absolute Gasteiger partial charge is 0.329 e. The van der Waals surface area contributed by atoms with Crippen LogP contribution in [0, 0.1) is 0 Å². The van der Waals surface area contributed by atoms with Crippen molar-refractivity contribution in [3.63, 3.8) is 0 Å². The average molecular weight is 463 g/mol. The number of amides is 3. The van der Waals surface area contributed by atoms with Crippen LogP contribution in [0.2, 0.25) is 15.1 Å². The Bertz CT molecular complexity index is 850. The third-order valence-electron chi connectivity index (χ3n) is 3.96. The van der Waals surface area contributed by atoms with Crippen molar-refractivity contribution in [2.24, 2.45) is 0 Å². The molecule has 1 fully saturated rings. The maximum atomic E-state index is 12.9. The summed E-state index contributed by atoms with van der Waals surface area (Å²) in [4.78, 5) is 26.4. The van der Waals surface area contributed by atoms with Gasteiger partial charge >= 0.3 is 6.03 Å². The topological polar surface area (TPSA) is 49.4 Å². The number of nitrogens with zero attached hydrogens (tertiary/aromatic N) is 1. The van der Waals surface area contributed by atoms with Gasteiger partial charge in [0.1, 0.15) is 5.54 Å². The molecule has 0 aliphatic carbocycles. The molecule has 1 aliphatic heterocycles. The van der Waals surface area contributed by atoms with Gasteiger partial charge in [0, 0.05) is 10.9 Å². The monoisotopic (exact) mass is 460 g/mol. The van der Waals surface area contributed by atoms with E-state index in [-0.39, 0.29) is 26.7 Å². The van der Waals surface area contributed by atoms with E-state index in [4.69, 9.17) is 34.8 Å². The molecular formula is C17H12BrCl3N2O2. The first-order valence-corrected chi connectivity index (χ1v) is 9.20. The number of hydrogen-bond acceptors (Lipinski definition) is 2. The minimum atomic E-state index is -1.07. The van der Waals surface area contributed by atoms with E-state index in [0.717, 1.165) is 14.9 Å². The highest BCUT2D eigenvalue weighted by Gasteiger charge is 2.48.